The summed E-state index contributed by atoms with van der Waals surface area (Å²) in [6, 6.07) is 4.99. The molecule has 6 heteroatoms. The first kappa shape index (κ1) is 12.4. The third-order valence-corrected chi connectivity index (χ3v) is 3.18. The lowest BCUT2D eigenvalue weighted by Crippen LogP contribution is -2.29. The average molecular weight is 237 g/mol. The molecule has 3 N–H and O–H groups in total. The number of hydrazine groups is 1. The molecule has 0 aliphatic carbocycles. The van der Waals surface area contributed by atoms with Gasteiger partial charge in [0.1, 0.15) is 5.92 Å². The van der Waals surface area contributed by atoms with Gasteiger partial charge in [0.05, 0.1) is 15.8 Å². The summed E-state index contributed by atoms with van der Waals surface area (Å²) in [6.45, 7) is 1.77. The van der Waals surface area contributed by atoms with Crippen LogP contribution in [0.3, 0.4) is 0 Å². The highest BCUT2D eigenvalue weighted by Crippen LogP contribution is 2.20. The van der Waals surface area contributed by atoms with Crippen molar-refractivity contribution in [3.63, 3.8) is 0 Å². The van der Waals surface area contributed by atoms with Crippen molar-refractivity contribution in [1.29, 1.82) is 5.26 Å². The molecule has 1 amide bonds. The van der Waals surface area contributed by atoms with Crippen molar-refractivity contribution in [3.05, 3.63) is 21.9 Å². The van der Waals surface area contributed by atoms with E-state index in [2.05, 4.69) is 0 Å². The predicted octanol–water partition coefficient (Wildman–Crippen LogP) is 1.08. The van der Waals surface area contributed by atoms with Crippen molar-refractivity contribution >= 4 is 23.0 Å². The fourth-order valence-electron chi connectivity index (χ4n) is 1.17. The van der Waals surface area contributed by atoms with Crippen molar-refractivity contribution in [2.75, 3.05) is 0 Å². The normalized spacial score (nSPS) is 11.6. The Balaban J connectivity index is 2.90. The number of hydrogen-bond acceptors (Lipinski definition) is 5. The quantitative estimate of drug-likeness (QED) is 0.354. The van der Waals surface area contributed by atoms with Gasteiger partial charge in [0.15, 0.2) is 5.78 Å². The van der Waals surface area contributed by atoms with Crippen LogP contribution in [-0.2, 0) is 0 Å². The summed E-state index contributed by atoms with van der Waals surface area (Å²) in [5.41, 5.74) is 1.99. The van der Waals surface area contributed by atoms with Crippen LogP contribution in [0.2, 0.25) is 0 Å². The van der Waals surface area contributed by atoms with Crippen molar-refractivity contribution in [1.82, 2.24) is 5.43 Å². The number of carbonyl (C=O) groups is 2. The minimum atomic E-state index is -0.646. The Labute approximate surface area is 96.8 Å². The van der Waals surface area contributed by atoms with E-state index in [1.807, 2.05) is 11.5 Å². The number of nitrogens with one attached hydrogen (secondary N) is 1. The number of carbonyl (C=O) groups excluding carboxylic acids is 2. The molecule has 1 atom stereocenters. The SMILES string of the molecule is CCC(C#N)C(=O)c1ccc(C(=O)NN)s1. The summed E-state index contributed by atoms with van der Waals surface area (Å²) in [7, 11) is 0. The second-order valence-electron chi connectivity index (χ2n) is 3.09. The smallest absolute Gasteiger partial charge is 0.275 e. The van der Waals surface area contributed by atoms with Crippen LogP contribution in [0.15, 0.2) is 12.1 Å². The number of nitriles is 1. The van der Waals surface area contributed by atoms with Gasteiger partial charge >= 0.3 is 0 Å². The Kier molecular flexibility index (Phi) is 4.17. The van der Waals surface area contributed by atoms with Gasteiger partial charge in [-0.05, 0) is 18.6 Å². The molecule has 0 aliphatic heterocycles. The second-order valence-corrected chi connectivity index (χ2v) is 4.18. The predicted molar refractivity (Wildman–Crippen MR) is 59.7 cm³/mol. The molecule has 1 unspecified atom stereocenters. The summed E-state index contributed by atoms with van der Waals surface area (Å²) < 4.78 is 0. The maximum Gasteiger partial charge on any atom is 0.275 e. The van der Waals surface area contributed by atoms with Gasteiger partial charge in [0.25, 0.3) is 5.91 Å². The molecule has 0 fully saturated rings. The Morgan fingerprint density at radius 2 is 2.19 bits per heavy atom. The van der Waals surface area contributed by atoms with Crippen LogP contribution < -0.4 is 11.3 Å². The molecule has 0 spiro atoms. The van der Waals surface area contributed by atoms with Gasteiger partial charge in [-0.3, -0.25) is 15.0 Å². The largest absolute Gasteiger partial charge is 0.292 e. The van der Waals surface area contributed by atoms with Crippen molar-refractivity contribution in [3.8, 4) is 6.07 Å². The number of rotatable bonds is 4. The molecule has 1 aromatic rings. The maximum absolute atomic E-state index is 11.8. The van der Waals surface area contributed by atoms with Crippen LogP contribution in [0, 0.1) is 17.2 Å². The number of nitrogen functional groups attached to an aromatic ring is 1. The molecule has 5 nitrogen and oxygen atoms in total. The zero-order valence-electron chi connectivity index (χ0n) is 8.69. The van der Waals surface area contributed by atoms with E-state index in [1.54, 1.807) is 6.92 Å². The summed E-state index contributed by atoms with van der Waals surface area (Å²) >= 11 is 1.04. The number of Topliss-reactive ketones (excluding diaryl/α,β-unsaturated/α-hetero) is 1. The highest BCUT2D eigenvalue weighted by atomic mass is 32.1. The van der Waals surface area contributed by atoms with Crippen LogP contribution in [0.25, 0.3) is 0 Å². The number of nitrogens with two attached hydrogens (primary N) is 1. The van der Waals surface area contributed by atoms with E-state index in [4.69, 9.17) is 11.1 Å². The minimum Gasteiger partial charge on any atom is -0.292 e. The molecular weight excluding hydrogens is 226 g/mol. The number of thiophene rings is 1. The number of amides is 1. The number of hydrogen-bond donors (Lipinski definition) is 2. The van der Waals surface area contributed by atoms with Crippen LogP contribution in [0.4, 0.5) is 0 Å². The molecular formula is C10H11N3O2S. The van der Waals surface area contributed by atoms with Crippen LogP contribution >= 0.6 is 11.3 Å². The first-order valence-electron chi connectivity index (χ1n) is 4.68. The Morgan fingerprint density at radius 3 is 2.69 bits per heavy atom. The van der Waals surface area contributed by atoms with Crippen molar-refractivity contribution in [2.45, 2.75) is 13.3 Å². The third kappa shape index (κ3) is 2.45. The summed E-state index contributed by atoms with van der Waals surface area (Å²) in [6.07, 6.45) is 0.464. The zero-order chi connectivity index (χ0) is 12.1. The molecule has 1 aromatic heterocycles. The number of nitrogens with zero attached hydrogens (tertiary/aromatic N) is 1. The zero-order valence-corrected chi connectivity index (χ0v) is 9.50. The topological polar surface area (TPSA) is 96.0 Å². The molecule has 0 aliphatic rings. The van der Waals surface area contributed by atoms with Crippen LogP contribution in [0.1, 0.15) is 32.7 Å². The fourth-order valence-corrected chi connectivity index (χ4v) is 2.07. The average Bonchev–Trinajstić information content (AvgIpc) is 2.78. The second kappa shape index (κ2) is 5.39. The van der Waals surface area contributed by atoms with Crippen molar-refractivity contribution in [2.24, 2.45) is 11.8 Å². The summed E-state index contributed by atoms with van der Waals surface area (Å²) in [5, 5.41) is 8.75. The van der Waals surface area contributed by atoms with Gasteiger partial charge < -0.3 is 0 Å². The minimum absolute atomic E-state index is 0.244. The third-order valence-electron chi connectivity index (χ3n) is 2.08. The summed E-state index contributed by atoms with van der Waals surface area (Å²) in [4.78, 5) is 23.7. The first-order valence-corrected chi connectivity index (χ1v) is 5.50. The van der Waals surface area contributed by atoms with E-state index >= 15 is 0 Å². The Bertz CT molecular complexity index is 447. The van der Waals surface area contributed by atoms with Crippen molar-refractivity contribution < 1.29 is 9.59 Å². The molecule has 0 aromatic carbocycles. The van der Waals surface area contributed by atoms with Gasteiger partial charge in [-0.2, -0.15) is 5.26 Å². The molecule has 0 radical (unpaired) electrons. The Hall–Kier alpha value is -1.71. The molecule has 16 heavy (non-hydrogen) atoms. The molecule has 0 saturated heterocycles. The molecule has 1 heterocycles. The van der Waals surface area contributed by atoms with E-state index < -0.39 is 11.8 Å². The molecule has 84 valence electrons. The summed E-state index contributed by atoms with van der Waals surface area (Å²) in [5.74, 6) is 3.65. The highest BCUT2D eigenvalue weighted by Gasteiger charge is 2.20. The number of ketones is 1. The van der Waals surface area contributed by atoms with Gasteiger partial charge in [-0.15, -0.1) is 11.3 Å². The van der Waals surface area contributed by atoms with Gasteiger partial charge in [0.2, 0.25) is 0 Å². The van der Waals surface area contributed by atoms with Crippen LogP contribution in [-0.4, -0.2) is 11.7 Å². The van der Waals surface area contributed by atoms with E-state index in [1.165, 1.54) is 12.1 Å². The fraction of sp³-hybridized carbons (Fsp3) is 0.300. The van der Waals surface area contributed by atoms with Gasteiger partial charge in [-0.25, -0.2) is 5.84 Å². The Morgan fingerprint density at radius 1 is 1.56 bits per heavy atom. The molecule has 0 saturated carbocycles. The molecule has 1 rings (SSSR count). The lowest BCUT2D eigenvalue weighted by atomic mass is 10.0. The van der Waals surface area contributed by atoms with Gasteiger partial charge in [0, 0.05) is 0 Å². The molecule has 0 bridgehead atoms. The standard InChI is InChI=1S/C10H11N3O2S/c1-2-6(5-11)9(14)7-3-4-8(16-7)10(15)13-12/h3-4,6H,2,12H2,1H3,(H,13,15). The monoisotopic (exact) mass is 237 g/mol. The maximum atomic E-state index is 11.8. The van der Waals surface area contributed by atoms with Crippen LogP contribution in [0.5, 0.6) is 0 Å². The lowest BCUT2D eigenvalue weighted by molar-refractivity contribution is 0.0947. The van der Waals surface area contributed by atoms with E-state index in [9.17, 15) is 9.59 Å². The van der Waals surface area contributed by atoms with Gasteiger partial charge in [-0.1, -0.05) is 6.92 Å². The van der Waals surface area contributed by atoms with E-state index in [-0.39, 0.29) is 5.78 Å². The van der Waals surface area contributed by atoms with E-state index in [0.717, 1.165) is 11.3 Å². The van der Waals surface area contributed by atoms with E-state index in [0.29, 0.717) is 16.2 Å². The lowest BCUT2D eigenvalue weighted by Gasteiger charge is -2.01. The highest BCUT2D eigenvalue weighted by molar-refractivity contribution is 7.16. The first-order chi connectivity index (χ1) is 7.63.